The number of hydrogen-bond acceptors (Lipinski definition) is 6. The summed E-state index contributed by atoms with van der Waals surface area (Å²) in [6.07, 6.45) is -6.67. The molecule has 0 spiro atoms. The molecule has 1 aliphatic rings. The second-order valence-corrected chi connectivity index (χ2v) is 5.25. The fourth-order valence-electron chi connectivity index (χ4n) is 2.39. The van der Waals surface area contributed by atoms with Gasteiger partial charge in [0.15, 0.2) is 12.5 Å². The lowest BCUT2D eigenvalue weighted by Gasteiger charge is -2.40. The van der Waals surface area contributed by atoms with Crippen molar-refractivity contribution in [2.45, 2.75) is 37.4 Å². The highest BCUT2D eigenvalue weighted by atomic mass is 19.1. The SMILES string of the molecule is [N-]=[N+]=NCCO[C@H]1O[C@H](CO)[C@@H](OCc2ccccc2)[C@H](O)[C@@H]1F. The van der Waals surface area contributed by atoms with Crippen LogP contribution in [0.2, 0.25) is 0 Å². The van der Waals surface area contributed by atoms with E-state index in [-0.39, 0.29) is 19.8 Å². The van der Waals surface area contributed by atoms with Crippen molar-refractivity contribution in [1.29, 1.82) is 0 Å². The summed E-state index contributed by atoms with van der Waals surface area (Å²) in [7, 11) is 0. The van der Waals surface area contributed by atoms with Gasteiger partial charge in [-0.1, -0.05) is 35.4 Å². The largest absolute Gasteiger partial charge is 0.394 e. The lowest BCUT2D eigenvalue weighted by atomic mass is 10.00. The minimum Gasteiger partial charge on any atom is -0.394 e. The van der Waals surface area contributed by atoms with Gasteiger partial charge in [0.25, 0.3) is 0 Å². The van der Waals surface area contributed by atoms with Gasteiger partial charge in [0.05, 0.1) is 19.8 Å². The Balaban J connectivity index is 1.93. The molecule has 0 unspecified atom stereocenters. The van der Waals surface area contributed by atoms with E-state index in [0.29, 0.717) is 0 Å². The normalized spacial score (nSPS) is 29.9. The number of halogens is 1. The minimum absolute atomic E-state index is 0.0108. The van der Waals surface area contributed by atoms with Crippen LogP contribution in [0.5, 0.6) is 0 Å². The molecule has 1 aromatic rings. The molecule has 0 aliphatic carbocycles. The third kappa shape index (κ3) is 4.88. The van der Waals surface area contributed by atoms with Crippen molar-refractivity contribution in [2.75, 3.05) is 19.8 Å². The number of aliphatic hydroxyl groups excluding tert-OH is 2. The molecule has 0 bridgehead atoms. The van der Waals surface area contributed by atoms with E-state index >= 15 is 0 Å². The van der Waals surface area contributed by atoms with Crippen LogP contribution in [-0.2, 0) is 20.8 Å². The lowest BCUT2D eigenvalue weighted by Crippen LogP contribution is -2.58. The van der Waals surface area contributed by atoms with Crippen LogP contribution in [0.25, 0.3) is 10.4 Å². The topological polar surface area (TPSA) is 117 Å². The molecule has 1 heterocycles. The van der Waals surface area contributed by atoms with Crippen LogP contribution in [0.15, 0.2) is 35.4 Å². The van der Waals surface area contributed by atoms with Gasteiger partial charge in [-0.15, -0.1) is 0 Å². The van der Waals surface area contributed by atoms with Crippen molar-refractivity contribution in [3.8, 4) is 0 Å². The van der Waals surface area contributed by atoms with Crippen LogP contribution in [-0.4, -0.2) is 60.7 Å². The summed E-state index contributed by atoms with van der Waals surface area (Å²) in [6, 6.07) is 9.19. The zero-order valence-corrected chi connectivity index (χ0v) is 12.9. The van der Waals surface area contributed by atoms with E-state index in [1.54, 1.807) is 0 Å². The minimum atomic E-state index is -1.85. The van der Waals surface area contributed by atoms with E-state index in [0.717, 1.165) is 5.56 Å². The van der Waals surface area contributed by atoms with Gasteiger partial charge in [-0.2, -0.15) is 0 Å². The van der Waals surface area contributed by atoms with Crippen molar-refractivity contribution in [3.63, 3.8) is 0 Å². The molecule has 0 radical (unpaired) electrons. The molecular weight excluding hydrogens is 321 g/mol. The fraction of sp³-hybridized carbons (Fsp3) is 0.600. The van der Waals surface area contributed by atoms with Gasteiger partial charge >= 0.3 is 0 Å². The van der Waals surface area contributed by atoms with Gasteiger partial charge in [-0.25, -0.2) is 4.39 Å². The van der Waals surface area contributed by atoms with E-state index in [1.807, 2.05) is 30.3 Å². The molecule has 24 heavy (non-hydrogen) atoms. The van der Waals surface area contributed by atoms with Gasteiger partial charge in [-0.3, -0.25) is 0 Å². The van der Waals surface area contributed by atoms with Crippen molar-refractivity contribution in [3.05, 3.63) is 46.3 Å². The average molecular weight is 341 g/mol. The van der Waals surface area contributed by atoms with Crippen LogP contribution in [0.4, 0.5) is 4.39 Å². The van der Waals surface area contributed by atoms with E-state index in [4.69, 9.17) is 19.7 Å². The Bertz CT molecular complexity index is 541. The maximum Gasteiger partial charge on any atom is 0.191 e. The lowest BCUT2D eigenvalue weighted by molar-refractivity contribution is -0.294. The third-order valence-corrected chi connectivity index (χ3v) is 3.60. The monoisotopic (exact) mass is 341 g/mol. The second kappa shape index (κ2) is 9.53. The van der Waals surface area contributed by atoms with Crippen LogP contribution in [0.1, 0.15) is 5.56 Å². The Kier molecular flexibility index (Phi) is 7.38. The summed E-state index contributed by atoms with van der Waals surface area (Å²) in [6.45, 7) is -0.358. The molecule has 1 aliphatic heterocycles. The molecule has 9 heteroatoms. The van der Waals surface area contributed by atoms with Crippen molar-refractivity contribution in [1.82, 2.24) is 0 Å². The standard InChI is InChI=1S/C15H20FN3O5/c16-12-13(21)14(23-9-10-4-2-1-3-5-10)11(8-20)24-15(12)22-7-6-18-19-17/h1-5,11-15,20-21H,6-9H2/t11-,12+,13-,14-,15+/m1/s1. The average Bonchev–Trinajstić information content (AvgIpc) is 2.62. The highest BCUT2D eigenvalue weighted by Gasteiger charge is 2.46. The van der Waals surface area contributed by atoms with Gasteiger partial charge in [0.1, 0.15) is 18.3 Å². The summed E-state index contributed by atoms with van der Waals surface area (Å²) in [5.41, 5.74) is 9.02. The molecule has 0 amide bonds. The zero-order valence-electron chi connectivity index (χ0n) is 12.9. The highest BCUT2D eigenvalue weighted by molar-refractivity contribution is 5.13. The summed E-state index contributed by atoms with van der Waals surface area (Å²) in [5, 5.41) is 22.8. The predicted molar refractivity (Wildman–Crippen MR) is 81.6 cm³/mol. The van der Waals surface area contributed by atoms with Gasteiger partial charge in [0, 0.05) is 11.5 Å². The van der Waals surface area contributed by atoms with E-state index in [1.165, 1.54) is 0 Å². The molecule has 0 aromatic heterocycles. The van der Waals surface area contributed by atoms with Crippen molar-refractivity contribution < 1.29 is 28.8 Å². The molecule has 8 nitrogen and oxygen atoms in total. The summed E-state index contributed by atoms with van der Waals surface area (Å²) in [4.78, 5) is 2.55. The van der Waals surface area contributed by atoms with Gasteiger partial charge < -0.3 is 24.4 Å². The molecule has 2 rings (SSSR count). The molecule has 2 N–H and O–H groups in total. The van der Waals surface area contributed by atoms with E-state index in [2.05, 4.69) is 10.0 Å². The Morgan fingerprint density at radius 2 is 2.04 bits per heavy atom. The number of ether oxygens (including phenoxy) is 3. The summed E-state index contributed by atoms with van der Waals surface area (Å²) < 4.78 is 30.3. The first-order valence-corrected chi connectivity index (χ1v) is 7.53. The Hall–Kier alpha value is -1.74. The molecule has 5 atom stereocenters. The second-order valence-electron chi connectivity index (χ2n) is 5.25. The van der Waals surface area contributed by atoms with Gasteiger partial charge in [0.2, 0.25) is 0 Å². The van der Waals surface area contributed by atoms with Crippen LogP contribution in [0, 0.1) is 0 Å². The summed E-state index contributed by atoms with van der Waals surface area (Å²) in [5.74, 6) is 0. The molecule has 132 valence electrons. The van der Waals surface area contributed by atoms with Gasteiger partial charge in [-0.05, 0) is 11.1 Å². The number of aliphatic hydroxyl groups is 2. The Labute approximate surface area is 138 Å². The van der Waals surface area contributed by atoms with E-state index in [9.17, 15) is 14.6 Å². The number of alkyl halides is 1. The maximum absolute atomic E-state index is 14.3. The highest BCUT2D eigenvalue weighted by Crippen LogP contribution is 2.27. The van der Waals surface area contributed by atoms with Crippen molar-refractivity contribution >= 4 is 0 Å². The number of hydrogen-bond donors (Lipinski definition) is 2. The Morgan fingerprint density at radius 3 is 2.71 bits per heavy atom. The predicted octanol–water partition coefficient (Wildman–Crippen LogP) is 1.31. The van der Waals surface area contributed by atoms with E-state index < -0.39 is 37.4 Å². The first-order valence-electron chi connectivity index (χ1n) is 7.53. The number of rotatable bonds is 8. The Morgan fingerprint density at radius 1 is 1.29 bits per heavy atom. The number of nitrogens with zero attached hydrogens (tertiary/aromatic N) is 3. The van der Waals surface area contributed by atoms with Crippen LogP contribution >= 0.6 is 0 Å². The fourth-order valence-corrected chi connectivity index (χ4v) is 2.39. The maximum atomic E-state index is 14.3. The molecule has 1 saturated heterocycles. The van der Waals surface area contributed by atoms with Crippen molar-refractivity contribution in [2.24, 2.45) is 5.11 Å². The molecule has 0 saturated carbocycles. The molecular formula is C15H20FN3O5. The van der Waals surface area contributed by atoms with Crippen LogP contribution < -0.4 is 0 Å². The zero-order chi connectivity index (χ0) is 17.4. The number of azide groups is 1. The third-order valence-electron chi connectivity index (χ3n) is 3.60. The van der Waals surface area contributed by atoms with Crippen LogP contribution in [0.3, 0.4) is 0 Å². The smallest absolute Gasteiger partial charge is 0.191 e. The first kappa shape index (κ1) is 18.6. The quantitative estimate of drug-likeness (QED) is 0.320. The molecule has 1 fully saturated rings. The number of benzene rings is 1. The summed E-state index contributed by atoms with van der Waals surface area (Å²) >= 11 is 0. The molecule has 1 aromatic carbocycles. The first-order chi connectivity index (χ1) is 11.7.